The summed E-state index contributed by atoms with van der Waals surface area (Å²) in [7, 11) is 0. The maximum atomic E-state index is 13.8. The van der Waals surface area contributed by atoms with Gasteiger partial charge in [0.1, 0.15) is 11.6 Å². The molecule has 7 heteroatoms. The second kappa shape index (κ2) is 9.25. The van der Waals surface area contributed by atoms with E-state index in [1.165, 1.54) is 24.4 Å². The molecular formula is C28H28FN3O3. The lowest BCUT2D eigenvalue weighted by molar-refractivity contribution is 0.0696. The Morgan fingerprint density at radius 1 is 1.09 bits per heavy atom. The van der Waals surface area contributed by atoms with Gasteiger partial charge >= 0.3 is 5.97 Å². The quantitative estimate of drug-likeness (QED) is 0.207. The van der Waals surface area contributed by atoms with Crippen LogP contribution in [0, 0.1) is 11.2 Å². The number of nitrogen functional groups attached to an aromatic ring is 1. The first-order chi connectivity index (χ1) is 16.6. The molecule has 0 amide bonds. The van der Waals surface area contributed by atoms with Crippen LogP contribution in [-0.2, 0) is 0 Å². The lowest BCUT2D eigenvalue weighted by atomic mass is 9.94. The van der Waals surface area contributed by atoms with Crippen molar-refractivity contribution < 1.29 is 19.0 Å². The highest BCUT2D eigenvalue weighted by Crippen LogP contribution is 2.43. The molecule has 0 fully saturated rings. The number of fused-ring (bicyclic) bond motifs is 1. The largest absolute Gasteiger partial charge is 0.491 e. The van der Waals surface area contributed by atoms with Crippen LogP contribution in [0.3, 0.4) is 0 Å². The molecular weight excluding hydrogens is 445 g/mol. The number of halogens is 1. The van der Waals surface area contributed by atoms with Crippen LogP contribution in [0.1, 0.15) is 55.2 Å². The molecule has 0 aliphatic rings. The number of anilines is 1. The number of carboxylic acids is 1. The van der Waals surface area contributed by atoms with E-state index < -0.39 is 5.97 Å². The van der Waals surface area contributed by atoms with Crippen molar-refractivity contribution in [3.05, 3.63) is 77.2 Å². The Bertz CT molecular complexity index is 1440. The highest BCUT2D eigenvalue weighted by atomic mass is 19.1. The van der Waals surface area contributed by atoms with Gasteiger partial charge in [-0.05, 0) is 79.9 Å². The number of nitrogens with one attached hydrogen (secondary N) is 1. The normalized spacial score (nSPS) is 11.4. The number of hydrogen-bond donors (Lipinski definition) is 3. The minimum atomic E-state index is -1.06. The smallest absolute Gasteiger partial charge is 0.335 e. The Hall–Kier alpha value is -4.13. The van der Waals surface area contributed by atoms with Crippen LogP contribution in [0.25, 0.3) is 27.7 Å². The summed E-state index contributed by atoms with van der Waals surface area (Å²) in [5.74, 6) is -0.934. The third-order valence-corrected chi connectivity index (χ3v) is 5.81. The number of benzene rings is 3. The summed E-state index contributed by atoms with van der Waals surface area (Å²) < 4.78 is 21.7. The van der Waals surface area contributed by atoms with Gasteiger partial charge in [0.25, 0.3) is 0 Å². The van der Waals surface area contributed by atoms with Crippen molar-refractivity contribution in [2.24, 2.45) is 0 Å². The summed E-state index contributed by atoms with van der Waals surface area (Å²) in [6, 6.07) is 14.8. The third kappa shape index (κ3) is 4.49. The molecule has 1 heterocycles. The fourth-order valence-electron chi connectivity index (χ4n) is 4.44. The summed E-state index contributed by atoms with van der Waals surface area (Å²) in [5.41, 5.74) is 11.3. The predicted octanol–water partition coefficient (Wildman–Crippen LogP) is 6.63. The topological polar surface area (TPSA) is 101 Å². The van der Waals surface area contributed by atoms with Gasteiger partial charge in [0.05, 0.1) is 17.2 Å². The lowest BCUT2D eigenvalue weighted by Crippen LogP contribution is -2.07. The first-order valence-corrected chi connectivity index (χ1v) is 11.4. The van der Waals surface area contributed by atoms with Crippen molar-refractivity contribution in [2.75, 3.05) is 5.73 Å². The van der Waals surface area contributed by atoms with Crippen molar-refractivity contribution in [3.8, 4) is 22.6 Å². The summed E-state index contributed by atoms with van der Waals surface area (Å²) in [6.07, 6.45) is 1.06. The van der Waals surface area contributed by atoms with E-state index in [0.29, 0.717) is 22.6 Å². The molecule has 35 heavy (non-hydrogen) atoms. The average Bonchev–Trinajstić information content (AvgIpc) is 3.12. The van der Waals surface area contributed by atoms with Crippen LogP contribution >= 0.6 is 0 Å². The molecule has 6 nitrogen and oxygen atoms in total. The molecule has 0 aliphatic carbocycles. The first kappa shape index (κ1) is 24.0. The van der Waals surface area contributed by atoms with Crippen molar-refractivity contribution in [3.63, 3.8) is 0 Å². The number of nitrogens with two attached hydrogens (primary N) is 1. The summed E-state index contributed by atoms with van der Waals surface area (Å²) >= 11 is 0. The highest BCUT2D eigenvalue weighted by molar-refractivity contribution is 6.05. The zero-order valence-corrected chi connectivity index (χ0v) is 20.1. The zero-order chi connectivity index (χ0) is 25.4. The maximum Gasteiger partial charge on any atom is 0.335 e. The van der Waals surface area contributed by atoms with Crippen molar-refractivity contribution in [1.82, 2.24) is 4.57 Å². The fraction of sp³-hybridized carbons (Fsp3) is 0.214. The van der Waals surface area contributed by atoms with Gasteiger partial charge in [-0.3, -0.25) is 0 Å². The van der Waals surface area contributed by atoms with Gasteiger partial charge in [0.15, 0.2) is 0 Å². The van der Waals surface area contributed by atoms with Gasteiger partial charge in [-0.15, -0.1) is 0 Å². The summed E-state index contributed by atoms with van der Waals surface area (Å²) in [5, 5.41) is 18.4. The average molecular weight is 474 g/mol. The molecule has 0 saturated carbocycles. The van der Waals surface area contributed by atoms with Crippen LogP contribution in [0.4, 0.5) is 10.1 Å². The maximum absolute atomic E-state index is 13.8. The lowest BCUT2D eigenvalue weighted by Gasteiger charge is -2.17. The number of hydrogen-bond acceptors (Lipinski definition) is 4. The Kier molecular flexibility index (Phi) is 6.35. The van der Waals surface area contributed by atoms with E-state index in [4.69, 9.17) is 15.9 Å². The van der Waals surface area contributed by atoms with E-state index >= 15 is 0 Å². The van der Waals surface area contributed by atoms with E-state index in [1.807, 2.05) is 50.5 Å². The standard InChI is InChI=1S/C28H28FN3O3/c1-15(2)27-26(17-9-18(28(33)34)11-22(10-17)35-16(3)4)23-13-24(31)19(14-30)12-25(23)32(27)21-7-5-20(29)6-8-21/h5-16,30H,31H2,1-4H3,(H,33,34). The van der Waals surface area contributed by atoms with Crippen molar-refractivity contribution in [2.45, 2.75) is 39.7 Å². The van der Waals surface area contributed by atoms with E-state index in [2.05, 4.69) is 0 Å². The highest BCUT2D eigenvalue weighted by Gasteiger charge is 2.24. The molecule has 4 aromatic rings. The van der Waals surface area contributed by atoms with Gasteiger partial charge in [-0.2, -0.15) is 0 Å². The van der Waals surface area contributed by atoms with Crippen LogP contribution in [0.15, 0.2) is 54.6 Å². The van der Waals surface area contributed by atoms with Crippen LogP contribution in [-0.4, -0.2) is 28.0 Å². The van der Waals surface area contributed by atoms with Gasteiger partial charge in [0, 0.05) is 39.8 Å². The minimum Gasteiger partial charge on any atom is -0.491 e. The predicted molar refractivity (Wildman–Crippen MR) is 138 cm³/mol. The van der Waals surface area contributed by atoms with Crippen LogP contribution < -0.4 is 10.5 Å². The Morgan fingerprint density at radius 3 is 2.34 bits per heavy atom. The van der Waals surface area contributed by atoms with Gasteiger partial charge < -0.3 is 25.6 Å². The molecule has 0 spiro atoms. The van der Waals surface area contributed by atoms with Crippen molar-refractivity contribution in [1.29, 1.82) is 5.41 Å². The number of ether oxygens (including phenoxy) is 1. The van der Waals surface area contributed by atoms with Gasteiger partial charge in [0.2, 0.25) is 0 Å². The molecule has 4 rings (SSSR count). The number of aromatic carboxylic acids is 1. The molecule has 1 aromatic heterocycles. The number of aromatic nitrogens is 1. The summed E-state index contributed by atoms with van der Waals surface area (Å²) in [4.78, 5) is 12.0. The number of rotatable bonds is 7. The Morgan fingerprint density at radius 2 is 1.77 bits per heavy atom. The molecule has 0 radical (unpaired) electrons. The molecule has 0 atom stereocenters. The molecule has 4 N–H and O–H groups in total. The molecule has 0 unspecified atom stereocenters. The first-order valence-electron chi connectivity index (χ1n) is 11.4. The molecule has 180 valence electrons. The molecule has 0 saturated heterocycles. The van der Waals surface area contributed by atoms with E-state index in [1.54, 1.807) is 18.2 Å². The molecule has 3 aromatic carbocycles. The van der Waals surface area contributed by atoms with E-state index in [9.17, 15) is 14.3 Å². The molecule has 0 bridgehead atoms. The summed E-state index contributed by atoms with van der Waals surface area (Å²) in [6.45, 7) is 7.86. The minimum absolute atomic E-state index is 0.00931. The Balaban J connectivity index is 2.16. The second-order valence-corrected chi connectivity index (χ2v) is 9.09. The zero-order valence-electron chi connectivity index (χ0n) is 20.1. The number of carboxylic acid groups (broad SMARTS) is 1. The molecule has 0 aliphatic heterocycles. The van der Waals surface area contributed by atoms with Gasteiger partial charge in [-0.25, -0.2) is 9.18 Å². The Labute approximate surface area is 203 Å². The van der Waals surface area contributed by atoms with Gasteiger partial charge in [-0.1, -0.05) is 13.8 Å². The SMILES string of the molecule is CC(C)Oc1cc(C(=O)O)cc(-c2c(C(C)C)n(-c3ccc(F)cc3)c3cc(C=N)c(N)cc23)c1. The number of nitrogens with zero attached hydrogens (tertiary/aromatic N) is 1. The van der Waals surface area contributed by atoms with Crippen LogP contribution in [0.2, 0.25) is 0 Å². The fourth-order valence-corrected chi connectivity index (χ4v) is 4.44. The monoisotopic (exact) mass is 473 g/mol. The number of carbonyl (C=O) groups is 1. The van der Waals surface area contributed by atoms with Crippen molar-refractivity contribution >= 4 is 28.8 Å². The van der Waals surface area contributed by atoms with Crippen LogP contribution in [0.5, 0.6) is 5.75 Å². The van der Waals surface area contributed by atoms with E-state index in [-0.39, 0.29) is 23.4 Å². The van der Waals surface area contributed by atoms with E-state index in [0.717, 1.165) is 27.8 Å². The third-order valence-electron chi connectivity index (χ3n) is 5.81. The second-order valence-electron chi connectivity index (χ2n) is 9.09.